The van der Waals surface area contributed by atoms with E-state index in [1.54, 1.807) is 7.11 Å². The Morgan fingerprint density at radius 1 is 1.17 bits per heavy atom. The smallest absolute Gasteiger partial charge is 0.0816 e. The van der Waals surface area contributed by atoms with Crippen LogP contribution in [-0.2, 0) is 11.2 Å². The quantitative estimate of drug-likeness (QED) is 0.689. The lowest BCUT2D eigenvalue weighted by Gasteiger charge is -2.24. The van der Waals surface area contributed by atoms with Crippen LogP contribution in [0.15, 0.2) is 36.1 Å². The van der Waals surface area contributed by atoms with Crippen molar-refractivity contribution in [1.82, 2.24) is 0 Å². The molecular formula is C17H24O. The Labute approximate surface area is 111 Å². The second-order valence-corrected chi connectivity index (χ2v) is 5.28. The fraction of sp³-hybridized carbons (Fsp3) is 0.529. The highest BCUT2D eigenvalue weighted by Crippen LogP contribution is 2.35. The first kappa shape index (κ1) is 13.2. The van der Waals surface area contributed by atoms with E-state index in [9.17, 15) is 0 Å². The molecule has 18 heavy (non-hydrogen) atoms. The second-order valence-electron chi connectivity index (χ2n) is 5.28. The van der Waals surface area contributed by atoms with Crippen molar-refractivity contribution in [1.29, 1.82) is 0 Å². The fourth-order valence-electron chi connectivity index (χ4n) is 2.85. The summed E-state index contributed by atoms with van der Waals surface area (Å²) in [5.41, 5.74) is 4.46. The molecule has 0 aliphatic heterocycles. The summed E-state index contributed by atoms with van der Waals surface area (Å²) in [4.78, 5) is 0. The van der Waals surface area contributed by atoms with E-state index in [0.29, 0.717) is 0 Å². The van der Waals surface area contributed by atoms with Crippen molar-refractivity contribution < 1.29 is 4.74 Å². The number of benzene rings is 1. The van der Waals surface area contributed by atoms with Crippen LogP contribution in [0.3, 0.4) is 0 Å². The molecule has 1 aromatic carbocycles. The predicted octanol–water partition coefficient (Wildman–Crippen LogP) is 4.83. The van der Waals surface area contributed by atoms with Crippen LogP contribution in [0.25, 0.3) is 0 Å². The standard InChI is InChI=1S/C17H24O/c1-3-4-14-5-9-16(10-6-14)17-11-7-15(8-12-17)13-18-2/h5-6,9-10,13,17H,3-4,7-8,11-12H2,1-2H3. The molecule has 0 aromatic heterocycles. The number of aryl methyl sites for hydroxylation is 1. The number of ether oxygens (including phenoxy) is 1. The molecule has 2 rings (SSSR count). The second kappa shape index (κ2) is 6.63. The highest BCUT2D eigenvalue weighted by Gasteiger charge is 2.18. The van der Waals surface area contributed by atoms with E-state index in [-0.39, 0.29) is 0 Å². The van der Waals surface area contributed by atoms with Crippen molar-refractivity contribution >= 4 is 0 Å². The van der Waals surface area contributed by atoms with Gasteiger partial charge in [0.2, 0.25) is 0 Å². The number of hydrogen-bond donors (Lipinski definition) is 0. The average Bonchev–Trinajstić information content (AvgIpc) is 2.41. The summed E-state index contributed by atoms with van der Waals surface area (Å²) >= 11 is 0. The van der Waals surface area contributed by atoms with Gasteiger partial charge in [0.25, 0.3) is 0 Å². The number of allylic oxidation sites excluding steroid dienone is 1. The van der Waals surface area contributed by atoms with E-state index in [0.717, 1.165) is 5.92 Å². The minimum Gasteiger partial charge on any atom is -0.504 e. The summed E-state index contributed by atoms with van der Waals surface area (Å²) in [6, 6.07) is 9.28. The summed E-state index contributed by atoms with van der Waals surface area (Å²) in [5, 5.41) is 0. The number of rotatable bonds is 4. The van der Waals surface area contributed by atoms with E-state index < -0.39 is 0 Å². The van der Waals surface area contributed by atoms with Gasteiger partial charge in [0, 0.05) is 0 Å². The number of methoxy groups -OCH3 is 1. The van der Waals surface area contributed by atoms with E-state index in [4.69, 9.17) is 4.74 Å². The Balaban J connectivity index is 1.95. The van der Waals surface area contributed by atoms with Gasteiger partial charge in [-0.05, 0) is 54.7 Å². The Morgan fingerprint density at radius 3 is 2.39 bits per heavy atom. The first-order valence-electron chi connectivity index (χ1n) is 7.13. The molecule has 1 saturated carbocycles. The monoisotopic (exact) mass is 244 g/mol. The Morgan fingerprint density at radius 2 is 1.83 bits per heavy atom. The lowest BCUT2D eigenvalue weighted by atomic mass is 9.82. The topological polar surface area (TPSA) is 9.23 Å². The van der Waals surface area contributed by atoms with Gasteiger partial charge in [0.15, 0.2) is 0 Å². The van der Waals surface area contributed by atoms with Crippen molar-refractivity contribution in [2.45, 2.75) is 51.4 Å². The minimum absolute atomic E-state index is 0.745. The fourth-order valence-corrected chi connectivity index (χ4v) is 2.85. The van der Waals surface area contributed by atoms with Crippen LogP contribution in [0, 0.1) is 0 Å². The van der Waals surface area contributed by atoms with E-state index >= 15 is 0 Å². The van der Waals surface area contributed by atoms with Gasteiger partial charge < -0.3 is 4.74 Å². The van der Waals surface area contributed by atoms with E-state index in [2.05, 4.69) is 31.2 Å². The van der Waals surface area contributed by atoms with Gasteiger partial charge in [0.05, 0.1) is 13.4 Å². The third kappa shape index (κ3) is 3.38. The largest absolute Gasteiger partial charge is 0.504 e. The summed E-state index contributed by atoms with van der Waals surface area (Å²) in [6.45, 7) is 2.23. The molecule has 0 unspecified atom stereocenters. The maximum Gasteiger partial charge on any atom is 0.0816 e. The van der Waals surface area contributed by atoms with Gasteiger partial charge in [-0.2, -0.15) is 0 Å². The van der Waals surface area contributed by atoms with Crippen LogP contribution >= 0.6 is 0 Å². The van der Waals surface area contributed by atoms with Crippen LogP contribution in [0.5, 0.6) is 0 Å². The summed E-state index contributed by atoms with van der Waals surface area (Å²) < 4.78 is 5.10. The molecule has 1 aliphatic rings. The van der Waals surface area contributed by atoms with Crippen LogP contribution in [0.2, 0.25) is 0 Å². The summed E-state index contributed by atoms with van der Waals surface area (Å²) in [5.74, 6) is 0.745. The summed E-state index contributed by atoms with van der Waals surface area (Å²) in [6.07, 6.45) is 9.27. The lowest BCUT2D eigenvalue weighted by molar-refractivity contribution is 0.326. The molecular weight excluding hydrogens is 220 g/mol. The molecule has 0 N–H and O–H groups in total. The normalized spacial score (nSPS) is 19.7. The van der Waals surface area contributed by atoms with Crippen molar-refractivity contribution in [2.24, 2.45) is 0 Å². The lowest BCUT2D eigenvalue weighted by Crippen LogP contribution is -2.07. The molecule has 0 atom stereocenters. The molecule has 1 aliphatic carbocycles. The van der Waals surface area contributed by atoms with Gasteiger partial charge in [-0.1, -0.05) is 37.6 Å². The molecule has 1 aromatic rings. The Bertz CT molecular complexity index is 379. The highest BCUT2D eigenvalue weighted by molar-refractivity contribution is 5.26. The van der Waals surface area contributed by atoms with Gasteiger partial charge in [0.1, 0.15) is 0 Å². The molecule has 1 heteroatoms. The molecule has 0 radical (unpaired) electrons. The first-order valence-corrected chi connectivity index (χ1v) is 7.13. The highest BCUT2D eigenvalue weighted by atomic mass is 16.5. The SMILES string of the molecule is CCCc1ccc(C2CCC(=COC)CC2)cc1. The predicted molar refractivity (Wildman–Crippen MR) is 76.7 cm³/mol. The Hall–Kier alpha value is -1.24. The third-order valence-corrected chi connectivity index (χ3v) is 3.90. The molecule has 0 saturated heterocycles. The van der Waals surface area contributed by atoms with Crippen LogP contribution < -0.4 is 0 Å². The molecule has 1 nitrogen and oxygen atoms in total. The zero-order valence-corrected chi connectivity index (χ0v) is 11.6. The van der Waals surface area contributed by atoms with Crippen molar-refractivity contribution in [3.63, 3.8) is 0 Å². The average molecular weight is 244 g/mol. The zero-order chi connectivity index (χ0) is 12.8. The number of hydrogen-bond acceptors (Lipinski definition) is 1. The molecule has 0 heterocycles. The molecule has 0 bridgehead atoms. The van der Waals surface area contributed by atoms with Gasteiger partial charge in [-0.25, -0.2) is 0 Å². The molecule has 0 amide bonds. The molecule has 1 fully saturated rings. The maximum absolute atomic E-state index is 5.10. The summed E-state index contributed by atoms with van der Waals surface area (Å²) in [7, 11) is 1.74. The van der Waals surface area contributed by atoms with Gasteiger partial charge in [-0.15, -0.1) is 0 Å². The third-order valence-electron chi connectivity index (χ3n) is 3.90. The van der Waals surface area contributed by atoms with Crippen LogP contribution in [0.1, 0.15) is 56.1 Å². The van der Waals surface area contributed by atoms with Crippen LogP contribution in [0.4, 0.5) is 0 Å². The van der Waals surface area contributed by atoms with Crippen molar-refractivity contribution in [3.8, 4) is 0 Å². The minimum atomic E-state index is 0.745. The first-order chi connectivity index (χ1) is 8.83. The van der Waals surface area contributed by atoms with E-state index in [1.807, 2.05) is 6.26 Å². The Kier molecular flexibility index (Phi) is 4.86. The van der Waals surface area contributed by atoms with Crippen LogP contribution in [-0.4, -0.2) is 7.11 Å². The van der Waals surface area contributed by atoms with Crippen molar-refractivity contribution in [3.05, 3.63) is 47.2 Å². The van der Waals surface area contributed by atoms with Gasteiger partial charge >= 0.3 is 0 Å². The molecule has 98 valence electrons. The van der Waals surface area contributed by atoms with E-state index in [1.165, 1.54) is 55.2 Å². The van der Waals surface area contributed by atoms with Crippen molar-refractivity contribution in [2.75, 3.05) is 7.11 Å². The zero-order valence-electron chi connectivity index (χ0n) is 11.6. The molecule has 0 spiro atoms. The maximum atomic E-state index is 5.10. The van der Waals surface area contributed by atoms with Gasteiger partial charge in [-0.3, -0.25) is 0 Å².